The van der Waals surface area contributed by atoms with Gasteiger partial charge >= 0.3 is 0 Å². The third-order valence-electron chi connectivity index (χ3n) is 3.31. The van der Waals surface area contributed by atoms with Crippen LogP contribution in [-0.2, 0) is 0 Å². The van der Waals surface area contributed by atoms with Crippen LogP contribution in [-0.4, -0.2) is 0 Å². The molecule has 0 aromatic heterocycles. The normalized spacial score (nSPS) is 19.6. The SMILES string of the molecule is CC1=CC(Nc2ccc(C)c(F)c2)=CC[C@H]1C. The van der Waals surface area contributed by atoms with E-state index >= 15 is 0 Å². The summed E-state index contributed by atoms with van der Waals surface area (Å²) in [5, 5.41) is 3.24. The summed E-state index contributed by atoms with van der Waals surface area (Å²) in [5.41, 5.74) is 3.90. The van der Waals surface area contributed by atoms with Crippen LogP contribution in [0.3, 0.4) is 0 Å². The van der Waals surface area contributed by atoms with Crippen molar-refractivity contribution in [3.63, 3.8) is 0 Å². The van der Waals surface area contributed by atoms with E-state index in [0.717, 1.165) is 17.8 Å². The minimum absolute atomic E-state index is 0.166. The van der Waals surface area contributed by atoms with Gasteiger partial charge in [-0.2, -0.15) is 0 Å². The average molecular weight is 231 g/mol. The minimum atomic E-state index is -0.166. The molecule has 0 spiro atoms. The Morgan fingerprint density at radius 3 is 2.71 bits per heavy atom. The fourth-order valence-electron chi connectivity index (χ4n) is 1.86. The van der Waals surface area contributed by atoms with Crippen LogP contribution >= 0.6 is 0 Å². The van der Waals surface area contributed by atoms with E-state index in [1.165, 1.54) is 11.6 Å². The molecular formula is C15H18FN. The smallest absolute Gasteiger partial charge is 0.128 e. The fraction of sp³-hybridized carbons (Fsp3) is 0.333. The predicted molar refractivity (Wildman–Crippen MR) is 70.4 cm³/mol. The van der Waals surface area contributed by atoms with Crippen LogP contribution in [0, 0.1) is 18.7 Å². The lowest BCUT2D eigenvalue weighted by Gasteiger charge is -2.18. The second kappa shape index (κ2) is 4.74. The number of nitrogens with one attached hydrogen (secondary N) is 1. The van der Waals surface area contributed by atoms with Crippen molar-refractivity contribution in [2.45, 2.75) is 27.2 Å². The Kier molecular flexibility index (Phi) is 3.32. The van der Waals surface area contributed by atoms with E-state index in [1.54, 1.807) is 13.0 Å². The van der Waals surface area contributed by atoms with Crippen LogP contribution in [0.25, 0.3) is 0 Å². The molecule has 0 heterocycles. The standard InChI is InChI=1S/C15H18FN/c1-10-4-6-13(8-12(10)3)17-14-7-5-11(2)15(16)9-14/h5-10,17H,4H2,1-3H3/t10-/m1/s1. The first-order valence-electron chi connectivity index (χ1n) is 5.98. The zero-order chi connectivity index (χ0) is 12.4. The van der Waals surface area contributed by atoms with E-state index in [1.807, 2.05) is 6.07 Å². The summed E-state index contributed by atoms with van der Waals surface area (Å²) in [7, 11) is 0. The van der Waals surface area contributed by atoms with Gasteiger partial charge in [0.15, 0.2) is 0 Å². The number of allylic oxidation sites excluding steroid dienone is 3. The highest BCUT2D eigenvalue weighted by atomic mass is 19.1. The third-order valence-corrected chi connectivity index (χ3v) is 3.31. The highest BCUT2D eigenvalue weighted by Crippen LogP contribution is 2.24. The molecule has 0 amide bonds. The van der Waals surface area contributed by atoms with Gasteiger partial charge in [0.2, 0.25) is 0 Å². The van der Waals surface area contributed by atoms with Crippen molar-refractivity contribution in [2.75, 3.05) is 5.32 Å². The van der Waals surface area contributed by atoms with Crippen LogP contribution in [0.15, 0.2) is 41.6 Å². The first-order chi connectivity index (χ1) is 8.06. The van der Waals surface area contributed by atoms with E-state index in [4.69, 9.17) is 0 Å². The first-order valence-corrected chi connectivity index (χ1v) is 5.98. The number of hydrogen-bond donors (Lipinski definition) is 1. The second-order valence-electron chi connectivity index (χ2n) is 4.77. The van der Waals surface area contributed by atoms with Gasteiger partial charge in [0.25, 0.3) is 0 Å². The highest BCUT2D eigenvalue weighted by molar-refractivity contribution is 5.53. The Morgan fingerprint density at radius 2 is 2.06 bits per heavy atom. The minimum Gasteiger partial charge on any atom is -0.356 e. The van der Waals surface area contributed by atoms with Crippen molar-refractivity contribution in [1.82, 2.24) is 0 Å². The molecule has 90 valence electrons. The molecular weight excluding hydrogens is 213 g/mol. The number of halogens is 1. The second-order valence-corrected chi connectivity index (χ2v) is 4.77. The van der Waals surface area contributed by atoms with E-state index in [2.05, 4.69) is 31.3 Å². The molecule has 0 radical (unpaired) electrons. The number of aryl methyl sites for hydroxylation is 1. The van der Waals surface area contributed by atoms with Crippen molar-refractivity contribution in [2.24, 2.45) is 5.92 Å². The van der Waals surface area contributed by atoms with E-state index in [-0.39, 0.29) is 5.82 Å². The van der Waals surface area contributed by atoms with Crippen molar-refractivity contribution >= 4 is 5.69 Å². The van der Waals surface area contributed by atoms with Crippen molar-refractivity contribution in [1.29, 1.82) is 0 Å². The molecule has 0 fully saturated rings. The van der Waals surface area contributed by atoms with Crippen molar-refractivity contribution in [3.8, 4) is 0 Å². The summed E-state index contributed by atoms with van der Waals surface area (Å²) >= 11 is 0. The lowest BCUT2D eigenvalue weighted by molar-refractivity contribution is 0.619. The molecule has 2 heteroatoms. The molecule has 0 bridgehead atoms. The van der Waals surface area contributed by atoms with Crippen LogP contribution in [0.1, 0.15) is 25.8 Å². The van der Waals surface area contributed by atoms with Gasteiger partial charge < -0.3 is 5.32 Å². The fourth-order valence-corrected chi connectivity index (χ4v) is 1.86. The average Bonchev–Trinajstić information content (AvgIpc) is 2.29. The maximum Gasteiger partial charge on any atom is 0.128 e. The maximum absolute atomic E-state index is 13.4. The topological polar surface area (TPSA) is 12.0 Å². The molecule has 1 atom stereocenters. The Hall–Kier alpha value is -1.57. The van der Waals surface area contributed by atoms with E-state index < -0.39 is 0 Å². The number of hydrogen-bond acceptors (Lipinski definition) is 1. The first kappa shape index (κ1) is 11.9. The molecule has 17 heavy (non-hydrogen) atoms. The van der Waals surface area contributed by atoms with Gasteiger partial charge in [-0.25, -0.2) is 4.39 Å². The number of benzene rings is 1. The van der Waals surface area contributed by atoms with Gasteiger partial charge in [0, 0.05) is 11.4 Å². The molecule has 1 N–H and O–H groups in total. The summed E-state index contributed by atoms with van der Waals surface area (Å²) in [6.45, 7) is 6.12. The van der Waals surface area contributed by atoms with Gasteiger partial charge in [-0.1, -0.05) is 24.6 Å². The molecule has 1 aromatic rings. The monoisotopic (exact) mass is 231 g/mol. The quantitative estimate of drug-likeness (QED) is 0.794. The summed E-state index contributed by atoms with van der Waals surface area (Å²) in [4.78, 5) is 0. The van der Waals surface area contributed by atoms with Crippen LogP contribution in [0.4, 0.5) is 10.1 Å². The van der Waals surface area contributed by atoms with E-state index in [0.29, 0.717) is 11.5 Å². The van der Waals surface area contributed by atoms with Gasteiger partial charge in [-0.05, 0) is 50.0 Å². The lowest BCUT2D eigenvalue weighted by atomic mass is 9.93. The molecule has 1 nitrogen and oxygen atoms in total. The molecule has 1 aliphatic carbocycles. The molecule has 2 rings (SSSR count). The van der Waals surface area contributed by atoms with Gasteiger partial charge in [0.05, 0.1) is 0 Å². The molecule has 1 aromatic carbocycles. The molecule has 0 saturated carbocycles. The highest BCUT2D eigenvalue weighted by Gasteiger charge is 2.09. The zero-order valence-corrected chi connectivity index (χ0v) is 10.5. The van der Waals surface area contributed by atoms with Gasteiger partial charge in [-0.3, -0.25) is 0 Å². The number of rotatable bonds is 2. The summed E-state index contributed by atoms with van der Waals surface area (Å²) < 4.78 is 13.4. The molecule has 0 unspecified atom stereocenters. The summed E-state index contributed by atoms with van der Waals surface area (Å²) in [5.74, 6) is 0.441. The third kappa shape index (κ3) is 2.76. The summed E-state index contributed by atoms with van der Waals surface area (Å²) in [6.07, 6.45) is 5.33. The largest absolute Gasteiger partial charge is 0.356 e. The van der Waals surface area contributed by atoms with E-state index in [9.17, 15) is 4.39 Å². The van der Waals surface area contributed by atoms with Gasteiger partial charge in [-0.15, -0.1) is 0 Å². The molecule has 0 saturated heterocycles. The van der Waals surface area contributed by atoms with Crippen LogP contribution in [0.5, 0.6) is 0 Å². The van der Waals surface area contributed by atoms with Crippen molar-refractivity contribution in [3.05, 3.63) is 53.0 Å². The Labute approximate surface area is 102 Å². The predicted octanol–water partition coefficient (Wildman–Crippen LogP) is 4.42. The Balaban J connectivity index is 2.14. The summed E-state index contributed by atoms with van der Waals surface area (Å²) in [6, 6.07) is 5.23. The van der Waals surface area contributed by atoms with Crippen LogP contribution < -0.4 is 5.32 Å². The molecule has 0 aliphatic heterocycles. The van der Waals surface area contributed by atoms with Crippen molar-refractivity contribution < 1.29 is 4.39 Å². The number of anilines is 1. The maximum atomic E-state index is 13.4. The molecule has 1 aliphatic rings. The Bertz CT molecular complexity index is 486. The Morgan fingerprint density at radius 1 is 1.29 bits per heavy atom. The zero-order valence-electron chi connectivity index (χ0n) is 10.5. The van der Waals surface area contributed by atoms with Gasteiger partial charge in [0.1, 0.15) is 5.82 Å². The lowest BCUT2D eigenvalue weighted by Crippen LogP contribution is -2.06. The van der Waals surface area contributed by atoms with Crippen LogP contribution in [0.2, 0.25) is 0 Å².